The Morgan fingerprint density at radius 1 is 1.22 bits per heavy atom. The second-order valence-corrected chi connectivity index (χ2v) is 4.50. The molecule has 0 aromatic heterocycles. The predicted molar refractivity (Wildman–Crippen MR) is 72.1 cm³/mol. The van der Waals surface area contributed by atoms with Crippen molar-refractivity contribution in [3.63, 3.8) is 0 Å². The van der Waals surface area contributed by atoms with Crippen LogP contribution in [0.2, 0.25) is 0 Å². The number of aryl methyl sites for hydroxylation is 2. The molecule has 0 bridgehead atoms. The lowest BCUT2D eigenvalue weighted by Crippen LogP contribution is -2.29. The van der Waals surface area contributed by atoms with E-state index < -0.39 is 6.10 Å². The molecule has 1 unspecified atom stereocenters. The number of rotatable bonds is 7. The van der Waals surface area contributed by atoms with E-state index in [2.05, 4.69) is 17.4 Å². The molecule has 102 valence electrons. The van der Waals surface area contributed by atoms with Crippen LogP contribution in [0.3, 0.4) is 0 Å². The average Bonchev–Trinajstić information content (AvgIpc) is 2.29. The molecule has 4 heteroatoms. The molecule has 0 fully saturated rings. The van der Waals surface area contributed by atoms with Crippen molar-refractivity contribution in [2.24, 2.45) is 0 Å². The predicted octanol–water partition coefficient (Wildman–Crippen LogP) is 1.41. The molecule has 0 heterocycles. The van der Waals surface area contributed by atoms with Crippen LogP contribution < -0.4 is 10.1 Å². The largest absolute Gasteiger partial charge is 0.496 e. The van der Waals surface area contributed by atoms with E-state index in [9.17, 15) is 5.11 Å². The van der Waals surface area contributed by atoms with E-state index in [-0.39, 0.29) is 0 Å². The lowest BCUT2D eigenvalue weighted by Gasteiger charge is -2.13. The first-order valence-corrected chi connectivity index (χ1v) is 6.10. The molecule has 0 aliphatic heterocycles. The molecule has 0 amide bonds. The Hall–Kier alpha value is -1.10. The van der Waals surface area contributed by atoms with E-state index in [4.69, 9.17) is 9.47 Å². The maximum atomic E-state index is 9.51. The first kappa shape index (κ1) is 15.0. The zero-order valence-corrected chi connectivity index (χ0v) is 11.6. The van der Waals surface area contributed by atoms with Gasteiger partial charge in [0.15, 0.2) is 0 Å². The number of methoxy groups -OCH3 is 2. The Kier molecular flexibility index (Phi) is 6.12. The minimum Gasteiger partial charge on any atom is -0.496 e. The summed E-state index contributed by atoms with van der Waals surface area (Å²) >= 11 is 0. The highest BCUT2D eigenvalue weighted by Gasteiger charge is 2.06. The van der Waals surface area contributed by atoms with Crippen molar-refractivity contribution >= 4 is 0 Å². The third-order valence-corrected chi connectivity index (χ3v) is 2.79. The normalized spacial score (nSPS) is 12.5. The molecule has 1 aromatic carbocycles. The molecule has 1 atom stereocenters. The third kappa shape index (κ3) is 4.29. The van der Waals surface area contributed by atoms with Crippen molar-refractivity contribution in [3.05, 3.63) is 28.8 Å². The van der Waals surface area contributed by atoms with E-state index >= 15 is 0 Å². The summed E-state index contributed by atoms with van der Waals surface area (Å²) in [6, 6.07) is 4.20. The number of ether oxygens (including phenoxy) is 2. The summed E-state index contributed by atoms with van der Waals surface area (Å²) in [4.78, 5) is 0. The van der Waals surface area contributed by atoms with Crippen LogP contribution in [0.25, 0.3) is 0 Å². The van der Waals surface area contributed by atoms with Crippen LogP contribution in [0.15, 0.2) is 12.1 Å². The first-order valence-electron chi connectivity index (χ1n) is 6.10. The Labute approximate surface area is 109 Å². The summed E-state index contributed by atoms with van der Waals surface area (Å²) in [6.45, 7) is 5.68. The minimum atomic E-state index is -0.463. The van der Waals surface area contributed by atoms with Crippen LogP contribution in [-0.2, 0) is 11.3 Å². The van der Waals surface area contributed by atoms with E-state index in [1.165, 1.54) is 5.56 Å². The third-order valence-electron chi connectivity index (χ3n) is 2.79. The Bertz CT molecular complexity index is 356. The standard InChI is InChI=1S/C14H23NO3/c1-10-5-12(6-11(2)14(10)18-4)7-15-8-13(16)9-17-3/h5-6,13,15-16H,7-9H2,1-4H3. The van der Waals surface area contributed by atoms with Crippen LogP contribution in [0, 0.1) is 13.8 Å². The van der Waals surface area contributed by atoms with Crippen molar-refractivity contribution in [1.82, 2.24) is 5.32 Å². The SMILES string of the molecule is COCC(O)CNCc1cc(C)c(OC)c(C)c1. The molecule has 0 spiro atoms. The Morgan fingerprint density at radius 2 is 1.83 bits per heavy atom. The zero-order valence-electron chi connectivity index (χ0n) is 11.6. The number of aliphatic hydroxyl groups excluding tert-OH is 1. The second-order valence-electron chi connectivity index (χ2n) is 4.50. The van der Waals surface area contributed by atoms with Crippen LogP contribution in [-0.4, -0.2) is 38.6 Å². The van der Waals surface area contributed by atoms with Gasteiger partial charge >= 0.3 is 0 Å². The number of hydrogen-bond donors (Lipinski definition) is 2. The lowest BCUT2D eigenvalue weighted by molar-refractivity contribution is 0.0644. The monoisotopic (exact) mass is 253 g/mol. The smallest absolute Gasteiger partial charge is 0.124 e. The van der Waals surface area contributed by atoms with Crippen molar-refractivity contribution in [2.75, 3.05) is 27.4 Å². The molecule has 1 rings (SSSR count). The van der Waals surface area contributed by atoms with Gasteiger partial charge in [-0.25, -0.2) is 0 Å². The van der Waals surface area contributed by atoms with Crippen molar-refractivity contribution < 1.29 is 14.6 Å². The number of benzene rings is 1. The van der Waals surface area contributed by atoms with Gasteiger partial charge in [0.2, 0.25) is 0 Å². The van der Waals surface area contributed by atoms with Gasteiger partial charge in [0.25, 0.3) is 0 Å². The summed E-state index contributed by atoms with van der Waals surface area (Å²) in [6.07, 6.45) is -0.463. The molecule has 1 aromatic rings. The number of aliphatic hydroxyl groups is 1. The quantitative estimate of drug-likeness (QED) is 0.771. The van der Waals surface area contributed by atoms with E-state index in [1.54, 1.807) is 14.2 Å². The zero-order chi connectivity index (χ0) is 13.5. The van der Waals surface area contributed by atoms with Crippen LogP contribution >= 0.6 is 0 Å². The molecule has 4 nitrogen and oxygen atoms in total. The fourth-order valence-electron chi connectivity index (χ4n) is 2.10. The maximum Gasteiger partial charge on any atom is 0.124 e. The molecule has 0 saturated heterocycles. The highest BCUT2D eigenvalue weighted by atomic mass is 16.5. The fourth-order valence-corrected chi connectivity index (χ4v) is 2.10. The van der Waals surface area contributed by atoms with Crippen LogP contribution in [0.1, 0.15) is 16.7 Å². The molecule has 2 N–H and O–H groups in total. The summed E-state index contributed by atoms with van der Waals surface area (Å²) < 4.78 is 10.2. The highest BCUT2D eigenvalue weighted by molar-refractivity contribution is 5.43. The summed E-state index contributed by atoms with van der Waals surface area (Å²) in [5.41, 5.74) is 3.45. The van der Waals surface area contributed by atoms with Gasteiger partial charge in [0.1, 0.15) is 5.75 Å². The van der Waals surface area contributed by atoms with E-state index in [1.807, 2.05) is 13.8 Å². The lowest BCUT2D eigenvalue weighted by atomic mass is 10.1. The summed E-state index contributed by atoms with van der Waals surface area (Å²) in [5, 5.41) is 12.7. The Balaban J connectivity index is 2.53. The summed E-state index contributed by atoms with van der Waals surface area (Å²) in [5.74, 6) is 0.943. The van der Waals surface area contributed by atoms with Gasteiger partial charge in [-0.2, -0.15) is 0 Å². The van der Waals surface area contributed by atoms with Gasteiger partial charge in [-0.3, -0.25) is 0 Å². The van der Waals surface area contributed by atoms with Crippen LogP contribution in [0.5, 0.6) is 5.75 Å². The van der Waals surface area contributed by atoms with Gasteiger partial charge in [-0.1, -0.05) is 12.1 Å². The second kappa shape index (κ2) is 7.36. The van der Waals surface area contributed by atoms with Gasteiger partial charge in [-0.15, -0.1) is 0 Å². The van der Waals surface area contributed by atoms with Gasteiger partial charge in [-0.05, 0) is 30.5 Å². The Morgan fingerprint density at radius 3 is 2.33 bits per heavy atom. The van der Waals surface area contributed by atoms with E-state index in [0.717, 1.165) is 23.4 Å². The first-order chi connectivity index (χ1) is 8.58. The molecular weight excluding hydrogens is 230 g/mol. The maximum absolute atomic E-state index is 9.51. The molecule has 18 heavy (non-hydrogen) atoms. The molecule has 0 aliphatic rings. The minimum absolute atomic E-state index is 0.355. The molecule has 0 radical (unpaired) electrons. The number of hydrogen-bond acceptors (Lipinski definition) is 4. The van der Waals surface area contributed by atoms with Crippen molar-refractivity contribution in [3.8, 4) is 5.75 Å². The van der Waals surface area contributed by atoms with Gasteiger partial charge in [0, 0.05) is 20.2 Å². The molecule has 0 aliphatic carbocycles. The molecule has 0 saturated carbocycles. The average molecular weight is 253 g/mol. The topological polar surface area (TPSA) is 50.7 Å². The highest BCUT2D eigenvalue weighted by Crippen LogP contribution is 2.24. The van der Waals surface area contributed by atoms with Crippen LogP contribution in [0.4, 0.5) is 0 Å². The summed E-state index contributed by atoms with van der Waals surface area (Å²) in [7, 11) is 3.27. The number of nitrogens with one attached hydrogen (secondary N) is 1. The molecular formula is C14H23NO3. The van der Waals surface area contributed by atoms with Crippen molar-refractivity contribution in [2.45, 2.75) is 26.5 Å². The van der Waals surface area contributed by atoms with Gasteiger partial charge in [0.05, 0.1) is 19.8 Å². The fraction of sp³-hybridized carbons (Fsp3) is 0.571. The van der Waals surface area contributed by atoms with Gasteiger partial charge < -0.3 is 19.9 Å². The van der Waals surface area contributed by atoms with Crippen molar-refractivity contribution in [1.29, 1.82) is 0 Å². The van der Waals surface area contributed by atoms with E-state index in [0.29, 0.717) is 13.2 Å².